The van der Waals surface area contributed by atoms with Crippen molar-refractivity contribution in [2.24, 2.45) is 7.05 Å². The maximum absolute atomic E-state index is 11.4. The number of hydrogen-bond acceptors (Lipinski definition) is 1. The predicted octanol–water partition coefficient (Wildman–Crippen LogP) is 3.14. The van der Waals surface area contributed by atoms with Gasteiger partial charge in [-0.3, -0.25) is 4.79 Å². The van der Waals surface area contributed by atoms with E-state index in [1.807, 2.05) is 36.0 Å². The molecule has 0 saturated carbocycles. The van der Waals surface area contributed by atoms with E-state index < -0.39 is 0 Å². The van der Waals surface area contributed by atoms with Crippen molar-refractivity contribution in [2.45, 2.75) is 6.92 Å². The Morgan fingerprint density at radius 2 is 2.14 bits per heavy atom. The summed E-state index contributed by atoms with van der Waals surface area (Å²) in [5.74, 6) is 0.0995. The molecule has 0 spiro atoms. The van der Waals surface area contributed by atoms with Crippen LogP contribution in [0, 0.1) is 0 Å². The molecule has 3 heteroatoms. The fourth-order valence-electron chi connectivity index (χ4n) is 1.68. The smallest absolute Gasteiger partial charge is 0.160 e. The normalized spacial score (nSPS) is 10.8. The summed E-state index contributed by atoms with van der Waals surface area (Å²) in [6.07, 6.45) is 1.97. The van der Waals surface area contributed by atoms with Crippen LogP contribution in [0.3, 0.4) is 0 Å². The van der Waals surface area contributed by atoms with Crippen LogP contribution in [0.5, 0.6) is 0 Å². The Morgan fingerprint density at radius 3 is 2.79 bits per heavy atom. The summed E-state index contributed by atoms with van der Waals surface area (Å²) in [7, 11) is 1.97. The van der Waals surface area contributed by atoms with Gasteiger partial charge in [-0.25, -0.2) is 0 Å². The number of benzene rings is 1. The van der Waals surface area contributed by atoms with Crippen molar-refractivity contribution < 1.29 is 4.79 Å². The number of carbonyl (C=O) groups is 1. The minimum absolute atomic E-state index is 0.0995. The standard InChI is InChI=1S/C11H10BrNO/c1-7(14)8-4-3-5-10-11(8)9(12)6-13(10)2/h3-6H,1-2H3. The zero-order valence-electron chi connectivity index (χ0n) is 8.04. The predicted molar refractivity (Wildman–Crippen MR) is 60.6 cm³/mol. The summed E-state index contributed by atoms with van der Waals surface area (Å²) in [6, 6.07) is 5.77. The number of fused-ring (bicyclic) bond motifs is 1. The number of carbonyl (C=O) groups excluding carboxylic acids is 1. The first-order valence-electron chi connectivity index (χ1n) is 4.35. The highest BCUT2D eigenvalue weighted by Crippen LogP contribution is 2.28. The molecule has 14 heavy (non-hydrogen) atoms. The summed E-state index contributed by atoms with van der Waals surface area (Å²) in [4.78, 5) is 11.4. The molecule has 2 aromatic rings. The van der Waals surface area contributed by atoms with E-state index in [0.29, 0.717) is 0 Å². The second kappa shape index (κ2) is 3.24. The van der Waals surface area contributed by atoms with Crippen LogP contribution in [0.4, 0.5) is 0 Å². The SMILES string of the molecule is CC(=O)c1cccc2c1c(Br)cn2C. The third kappa shape index (κ3) is 1.28. The maximum Gasteiger partial charge on any atom is 0.160 e. The maximum atomic E-state index is 11.4. The number of aryl methyl sites for hydroxylation is 1. The highest BCUT2D eigenvalue weighted by atomic mass is 79.9. The minimum Gasteiger partial charge on any atom is -0.349 e. The summed E-state index contributed by atoms with van der Waals surface area (Å²) >= 11 is 3.46. The van der Waals surface area contributed by atoms with Crippen molar-refractivity contribution in [3.63, 3.8) is 0 Å². The lowest BCUT2D eigenvalue weighted by molar-refractivity contribution is 0.101. The second-order valence-electron chi connectivity index (χ2n) is 3.34. The Bertz CT molecular complexity index is 513. The van der Waals surface area contributed by atoms with Gasteiger partial charge in [0.05, 0.1) is 0 Å². The number of aromatic nitrogens is 1. The van der Waals surface area contributed by atoms with Crippen LogP contribution in [-0.2, 0) is 7.05 Å². The monoisotopic (exact) mass is 251 g/mol. The van der Waals surface area contributed by atoms with E-state index in [1.165, 1.54) is 0 Å². The van der Waals surface area contributed by atoms with Gasteiger partial charge in [0.2, 0.25) is 0 Å². The van der Waals surface area contributed by atoms with E-state index in [0.717, 1.165) is 20.9 Å². The minimum atomic E-state index is 0.0995. The van der Waals surface area contributed by atoms with Crippen LogP contribution >= 0.6 is 15.9 Å². The van der Waals surface area contributed by atoms with Gasteiger partial charge in [0, 0.05) is 34.2 Å². The first kappa shape index (κ1) is 9.46. The van der Waals surface area contributed by atoms with Gasteiger partial charge in [-0.2, -0.15) is 0 Å². The van der Waals surface area contributed by atoms with Crippen LogP contribution in [0.25, 0.3) is 10.9 Å². The summed E-state index contributed by atoms with van der Waals surface area (Å²) < 4.78 is 2.98. The van der Waals surface area contributed by atoms with Gasteiger partial charge in [-0.05, 0) is 28.9 Å². The first-order chi connectivity index (χ1) is 6.61. The van der Waals surface area contributed by atoms with E-state index >= 15 is 0 Å². The molecule has 0 unspecified atom stereocenters. The van der Waals surface area contributed by atoms with Crippen molar-refractivity contribution in [2.75, 3.05) is 0 Å². The zero-order valence-corrected chi connectivity index (χ0v) is 9.63. The lowest BCUT2D eigenvalue weighted by Crippen LogP contribution is -1.93. The number of hydrogen-bond donors (Lipinski definition) is 0. The Balaban J connectivity index is 2.92. The number of nitrogens with zero attached hydrogens (tertiary/aromatic N) is 1. The molecule has 1 heterocycles. The molecule has 0 fully saturated rings. The molecule has 0 aliphatic carbocycles. The third-order valence-electron chi connectivity index (χ3n) is 2.35. The van der Waals surface area contributed by atoms with Crippen LogP contribution in [-0.4, -0.2) is 10.4 Å². The van der Waals surface area contributed by atoms with Gasteiger partial charge in [0.25, 0.3) is 0 Å². The fourth-order valence-corrected chi connectivity index (χ4v) is 2.41. The molecule has 0 aliphatic heterocycles. The molecule has 0 amide bonds. The molecule has 0 bridgehead atoms. The van der Waals surface area contributed by atoms with Crippen LogP contribution in [0.15, 0.2) is 28.9 Å². The van der Waals surface area contributed by atoms with Crippen molar-refractivity contribution >= 4 is 32.6 Å². The largest absolute Gasteiger partial charge is 0.349 e. The molecule has 2 rings (SSSR count). The van der Waals surface area contributed by atoms with Gasteiger partial charge in [0.15, 0.2) is 5.78 Å². The van der Waals surface area contributed by atoms with Gasteiger partial charge >= 0.3 is 0 Å². The molecule has 0 N–H and O–H groups in total. The van der Waals surface area contributed by atoms with Crippen molar-refractivity contribution in [3.05, 3.63) is 34.4 Å². The van der Waals surface area contributed by atoms with Gasteiger partial charge in [-0.15, -0.1) is 0 Å². The van der Waals surface area contributed by atoms with E-state index in [9.17, 15) is 4.79 Å². The molecule has 72 valence electrons. The van der Waals surface area contributed by atoms with Crippen LogP contribution < -0.4 is 0 Å². The average molecular weight is 252 g/mol. The number of halogens is 1. The molecule has 0 atom stereocenters. The van der Waals surface area contributed by atoms with E-state index in [2.05, 4.69) is 15.9 Å². The molecule has 0 aliphatic rings. The Kier molecular flexibility index (Phi) is 2.19. The Hall–Kier alpha value is -1.09. The topological polar surface area (TPSA) is 22.0 Å². The van der Waals surface area contributed by atoms with Crippen molar-refractivity contribution in [1.29, 1.82) is 0 Å². The van der Waals surface area contributed by atoms with Crippen molar-refractivity contribution in [1.82, 2.24) is 4.57 Å². The average Bonchev–Trinajstić information content (AvgIpc) is 2.43. The highest BCUT2D eigenvalue weighted by Gasteiger charge is 2.11. The van der Waals surface area contributed by atoms with E-state index in [1.54, 1.807) is 6.92 Å². The lowest BCUT2D eigenvalue weighted by Gasteiger charge is -2.00. The van der Waals surface area contributed by atoms with Gasteiger partial charge in [-0.1, -0.05) is 12.1 Å². The Labute approximate surface area is 90.7 Å². The molecule has 0 radical (unpaired) electrons. The zero-order chi connectivity index (χ0) is 10.3. The summed E-state index contributed by atoms with van der Waals surface area (Å²) in [5, 5.41) is 1.00. The highest BCUT2D eigenvalue weighted by molar-refractivity contribution is 9.10. The van der Waals surface area contributed by atoms with Gasteiger partial charge < -0.3 is 4.57 Å². The fraction of sp³-hybridized carbons (Fsp3) is 0.182. The second-order valence-corrected chi connectivity index (χ2v) is 4.20. The van der Waals surface area contributed by atoms with Crippen LogP contribution in [0.1, 0.15) is 17.3 Å². The molecule has 1 aromatic carbocycles. The number of rotatable bonds is 1. The molecule has 1 aromatic heterocycles. The molecule has 0 saturated heterocycles. The van der Waals surface area contributed by atoms with Crippen LogP contribution in [0.2, 0.25) is 0 Å². The summed E-state index contributed by atoms with van der Waals surface area (Å²) in [6.45, 7) is 1.59. The quantitative estimate of drug-likeness (QED) is 0.714. The van der Waals surface area contributed by atoms with E-state index in [-0.39, 0.29) is 5.78 Å². The third-order valence-corrected chi connectivity index (χ3v) is 2.95. The Morgan fingerprint density at radius 1 is 1.43 bits per heavy atom. The molecule has 2 nitrogen and oxygen atoms in total. The number of ketones is 1. The first-order valence-corrected chi connectivity index (χ1v) is 5.15. The number of Topliss-reactive ketones (excluding diaryl/α,β-unsaturated/α-hetero) is 1. The molecular weight excluding hydrogens is 242 g/mol. The summed E-state index contributed by atoms with van der Waals surface area (Å²) in [5.41, 5.74) is 1.85. The van der Waals surface area contributed by atoms with E-state index in [4.69, 9.17) is 0 Å². The molecular formula is C11H10BrNO. The van der Waals surface area contributed by atoms with Gasteiger partial charge in [0.1, 0.15) is 0 Å². The van der Waals surface area contributed by atoms with Crippen molar-refractivity contribution in [3.8, 4) is 0 Å². The lowest BCUT2D eigenvalue weighted by atomic mass is 10.1.